The summed E-state index contributed by atoms with van der Waals surface area (Å²) < 4.78 is 2.42. The first-order chi connectivity index (χ1) is 15.4. The summed E-state index contributed by atoms with van der Waals surface area (Å²) >= 11 is 0. The van der Waals surface area contributed by atoms with Gasteiger partial charge < -0.3 is 0 Å². The highest BCUT2D eigenvalue weighted by Gasteiger charge is 2.03. The van der Waals surface area contributed by atoms with Crippen LogP contribution in [0, 0.1) is 0 Å². The summed E-state index contributed by atoms with van der Waals surface area (Å²) in [4.78, 5) is 0. The van der Waals surface area contributed by atoms with Gasteiger partial charge in [-0.05, 0) is 25.3 Å². The molecule has 0 bridgehead atoms. The molecule has 0 spiro atoms. The summed E-state index contributed by atoms with van der Waals surface area (Å²) in [5.41, 5.74) is 1.53. The Morgan fingerprint density at radius 1 is 0.516 bits per heavy atom. The molecule has 1 heterocycles. The average Bonchev–Trinajstić information content (AvgIpc) is 2.79. The molecule has 0 aliphatic rings. The molecule has 1 heteroatoms. The summed E-state index contributed by atoms with van der Waals surface area (Å²) in [7, 11) is 0. The third-order valence-electron chi connectivity index (χ3n) is 6.76. The van der Waals surface area contributed by atoms with Crippen LogP contribution in [0.3, 0.4) is 0 Å². The zero-order chi connectivity index (χ0) is 22.2. The van der Waals surface area contributed by atoms with Crippen LogP contribution in [0.25, 0.3) is 0 Å². The molecule has 0 unspecified atom stereocenters. The Morgan fingerprint density at radius 3 is 1.42 bits per heavy atom. The van der Waals surface area contributed by atoms with Crippen molar-refractivity contribution in [1.82, 2.24) is 0 Å². The fraction of sp³-hybridized carbons (Fsp3) is 0.833. The second kappa shape index (κ2) is 22.3. The molecule has 180 valence electrons. The lowest BCUT2D eigenvalue weighted by atomic mass is 10.0. The molecular weight excluding hydrogens is 374 g/mol. The third kappa shape index (κ3) is 18.4. The Labute approximate surface area is 196 Å². The van der Waals surface area contributed by atoms with E-state index < -0.39 is 0 Å². The van der Waals surface area contributed by atoms with Gasteiger partial charge in [-0.2, -0.15) is 0 Å². The van der Waals surface area contributed by atoms with Crippen LogP contribution in [0.15, 0.2) is 24.5 Å². The number of nitrogens with zero attached hydrogens (tertiary/aromatic N) is 1. The van der Waals surface area contributed by atoms with Gasteiger partial charge in [0.15, 0.2) is 12.4 Å². The zero-order valence-corrected chi connectivity index (χ0v) is 21.5. The molecule has 0 saturated heterocycles. The van der Waals surface area contributed by atoms with Crippen molar-refractivity contribution < 1.29 is 4.57 Å². The number of aryl methyl sites for hydroxylation is 2. The number of pyridine rings is 1. The van der Waals surface area contributed by atoms with E-state index in [2.05, 4.69) is 42.9 Å². The second-order valence-electron chi connectivity index (χ2n) is 9.92. The lowest BCUT2D eigenvalue weighted by molar-refractivity contribution is -0.697. The van der Waals surface area contributed by atoms with Crippen molar-refractivity contribution in [2.24, 2.45) is 0 Å². The molecule has 0 fully saturated rings. The van der Waals surface area contributed by atoms with E-state index in [1.165, 1.54) is 153 Å². The highest BCUT2D eigenvalue weighted by atomic mass is 14.9. The van der Waals surface area contributed by atoms with Gasteiger partial charge in [0.05, 0.1) is 0 Å². The highest BCUT2D eigenvalue weighted by molar-refractivity contribution is 5.05. The summed E-state index contributed by atoms with van der Waals surface area (Å²) in [5.74, 6) is 0. The van der Waals surface area contributed by atoms with Crippen LogP contribution in [-0.2, 0) is 13.0 Å². The summed E-state index contributed by atoms with van der Waals surface area (Å²) in [5, 5.41) is 0. The van der Waals surface area contributed by atoms with Crippen molar-refractivity contribution >= 4 is 0 Å². The molecule has 1 aromatic rings. The Morgan fingerprint density at radius 2 is 0.935 bits per heavy atom. The van der Waals surface area contributed by atoms with E-state index in [0.717, 1.165) is 0 Å². The molecule has 0 aromatic carbocycles. The third-order valence-corrected chi connectivity index (χ3v) is 6.76. The minimum atomic E-state index is 1.19. The standard InChI is InChI=1S/C30H56N/c1-3-5-7-9-11-12-13-14-15-16-17-18-19-20-22-25-30-26-24-28-31(29-30)27-23-21-10-8-6-4-2/h24,26,28-29H,3-23,25,27H2,1-2H3/q+1. The molecule has 0 saturated carbocycles. The highest BCUT2D eigenvalue weighted by Crippen LogP contribution is 2.14. The van der Waals surface area contributed by atoms with Crippen molar-refractivity contribution in [3.63, 3.8) is 0 Å². The van der Waals surface area contributed by atoms with Gasteiger partial charge in [-0.15, -0.1) is 0 Å². The molecule has 0 amide bonds. The second-order valence-corrected chi connectivity index (χ2v) is 9.92. The first-order valence-corrected chi connectivity index (χ1v) is 14.3. The predicted octanol–water partition coefficient (Wildman–Crippen LogP) is 9.75. The van der Waals surface area contributed by atoms with Crippen LogP contribution in [0.5, 0.6) is 0 Å². The van der Waals surface area contributed by atoms with E-state index in [1.54, 1.807) is 0 Å². The van der Waals surface area contributed by atoms with Gasteiger partial charge in [-0.25, -0.2) is 4.57 Å². The molecule has 1 nitrogen and oxygen atoms in total. The van der Waals surface area contributed by atoms with Crippen molar-refractivity contribution in [1.29, 1.82) is 0 Å². The molecule has 0 atom stereocenters. The van der Waals surface area contributed by atoms with E-state index >= 15 is 0 Å². The Kier molecular flexibility index (Phi) is 20.3. The molecule has 0 aliphatic heterocycles. The SMILES string of the molecule is CCCCCCCCCCCCCCCCCc1ccc[n+](CCCCCCCC)c1. The van der Waals surface area contributed by atoms with Crippen LogP contribution in [-0.4, -0.2) is 0 Å². The van der Waals surface area contributed by atoms with Gasteiger partial charge in [0.2, 0.25) is 0 Å². The van der Waals surface area contributed by atoms with Crippen LogP contribution in [0.1, 0.15) is 154 Å². The Hall–Kier alpha value is -0.850. The molecule has 0 aliphatic carbocycles. The minimum Gasteiger partial charge on any atom is -0.205 e. The fourth-order valence-corrected chi connectivity index (χ4v) is 4.64. The minimum absolute atomic E-state index is 1.19. The number of rotatable bonds is 23. The van der Waals surface area contributed by atoms with Crippen LogP contribution < -0.4 is 4.57 Å². The van der Waals surface area contributed by atoms with Gasteiger partial charge in [0.25, 0.3) is 0 Å². The first-order valence-electron chi connectivity index (χ1n) is 14.3. The first kappa shape index (κ1) is 28.2. The van der Waals surface area contributed by atoms with E-state index in [0.29, 0.717) is 0 Å². The zero-order valence-electron chi connectivity index (χ0n) is 21.5. The number of hydrogen-bond acceptors (Lipinski definition) is 0. The van der Waals surface area contributed by atoms with Gasteiger partial charge in [0, 0.05) is 18.1 Å². The van der Waals surface area contributed by atoms with Crippen molar-refractivity contribution in [3.05, 3.63) is 30.1 Å². The maximum absolute atomic E-state index is 2.42. The van der Waals surface area contributed by atoms with Gasteiger partial charge in [0.1, 0.15) is 6.54 Å². The van der Waals surface area contributed by atoms with Crippen LogP contribution in [0.4, 0.5) is 0 Å². The monoisotopic (exact) mass is 430 g/mol. The van der Waals surface area contributed by atoms with E-state index in [4.69, 9.17) is 0 Å². The molecular formula is C30H56N+. The van der Waals surface area contributed by atoms with Crippen LogP contribution >= 0.6 is 0 Å². The molecule has 1 aromatic heterocycles. The lowest BCUT2D eigenvalue weighted by Gasteiger charge is -2.04. The Bertz CT molecular complexity index is 481. The largest absolute Gasteiger partial charge is 0.205 e. The average molecular weight is 431 g/mol. The summed E-state index contributed by atoms with van der Waals surface area (Å²) in [6.07, 6.45) is 35.9. The van der Waals surface area contributed by atoms with Gasteiger partial charge >= 0.3 is 0 Å². The predicted molar refractivity (Wildman–Crippen MR) is 139 cm³/mol. The van der Waals surface area contributed by atoms with E-state index in [9.17, 15) is 0 Å². The summed E-state index contributed by atoms with van der Waals surface area (Å²) in [6, 6.07) is 4.57. The molecule has 1 rings (SSSR count). The van der Waals surface area contributed by atoms with Crippen LogP contribution in [0.2, 0.25) is 0 Å². The number of aromatic nitrogens is 1. The molecule has 0 N–H and O–H groups in total. The lowest BCUT2D eigenvalue weighted by Crippen LogP contribution is -2.33. The topological polar surface area (TPSA) is 3.88 Å². The number of hydrogen-bond donors (Lipinski definition) is 0. The van der Waals surface area contributed by atoms with Gasteiger partial charge in [-0.1, -0.05) is 129 Å². The summed E-state index contributed by atoms with van der Waals surface area (Å²) in [6.45, 7) is 5.79. The van der Waals surface area contributed by atoms with Crippen molar-refractivity contribution in [3.8, 4) is 0 Å². The Balaban J connectivity index is 1.90. The maximum Gasteiger partial charge on any atom is 0.171 e. The molecule has 0 radical (unpaired) electrons. The quantitative estimate of drug-likeness (QED) is 0.120. The van der Waals surface area contributed by atoms with Crippen molar-refractivity contribution in [2.45, 2.75) is 162 Å². The number of unbranched alkanes of at least 4 members (excludes halogenated alkanes) is 19. The maximum atomic E-state index is 2.42. The normalized spacial score (nSPS) is 11.3. The van der Waals surface area contributed by atoms with Gasteiger partial charge in [-0.3, -0.25) is 0 Å². The fourth-order valence-electron chi connectivity index (χ4n) is 4.64. The van der Waals surface area contributed by atoms with Crippen molar-refractivity contribution in [2.75, 3.05) is 0 Å². The molecule has 31 heavy (non-hydrogen) atoms. The van der Waals surface area contributed by atoms with E-state index in [1.807, 2.05) is 0 Å². The smallest absolute Gasteiger partial charge is 0.171 e. The van der Waals surface area contributed by atoms with E-state index in [-0.39, 0.29) is 0 Å².